The molecule has 1 heterocycles. The quantitative estimate of drug-likeness (QED) is 0.819. The van der Waals surface area contributed by atoms with E-state index in [-0.39, 0.29) is 5.56 Å². The predicted octanol–water partition coefficient (Wildman–Crippen LogP) is 4.70. The van der Waals surface area contributed by atoms with Crippen molar-refractivity contribution < 1.29 is 9.90 Å². The molecule has 5 heteroatoms. The lowest BCUT2D eigenvalue weighted by Crippen LogP contribution is -2.18. The zero-order valence-electron chi connectivity index (χ0n) is 13.5. The van der Waals surface area contributed by atoms with Crippen LogP contribution in [0.2, 0.25) is 5.02 Å². The Bertz CT molecular complexity index is 796. The monoisotopic (exact) mass is 342 g/mol. The number of aliphatic imine (C=N–C) groups is 1. The third-order valence-electron chi connectivity index (χ3n) is 4.21. The lowest BCUT2D eigenvalue weighted by molar-refractivity contribution is 0.0697. The van der Waals surface area contributed by atoms with Crippen molar-refractivity contribution in [1.82, 2.24) is 0 Å². The average Bonchev–Trinajstić information content (AvgIpc) is 3.08. The lowest BCUT2D eigenvalue weighted by Gasteiger charge is -2.20. The smallest absolute Gasteiger partial charge is 0.335 e. The summed E-state index contributed by atoms with van der Waals surface area (Å²) in [6.07, 6.45) is 4.22. The average molecular weight is 343 g/mol. The lowest BCUT2D eigenvalue weighted by atomic mass is 10.1. The summed E-state index contributed by atoms with van der Waals surface area (Å²) in [5.41, 5.74) is 4.08. The van der Waals surface area contributed by atoms with Crippen molar-refractivity contribution in [1.29, 1.82) is 0 Å². The summed E-state index contributed by atoms with van der Waals surface area (Å²) in [7, 11) is 0. The molecular weight excluding hydrogens is 324 g/mol. The molecule has 4 nitrogen and oxygen atoms in total. The predicted molar refractivity (Wildman–Crippen MR) is 98.3 cm³/mol. The molecular formula is C19H19ClN2O2. The van der Waals surface area contributed by atoms with Crippen LogP contribution in [0.25, 0.3) is 0 Å². The number of hydrogen-bond donors (Lipinski definition) is 1. The summed E-state index contributed by atoms with van der Waals surface area (Å²) in [4.78, 5) is 17.8. The van der Waals surface area contributed by atoms with E-state index in [4.69, 9.17) is 16.7 Å². The van der Waals surface area contributed by atoms with Crippen molar-refractivity contribution in [2.45, 2.75) is 19.8 Å². The number of aryl methyl sites for hydroxylation is 1. The van der Waals surface area contributed by atoms with Gasteiger partial charge in [-0.3, -0.25) is 4.99 Å². The highest BCUT2D eigenvalue weighted by Crippen LogP contribution is 2.27. The first-order valence-electron chi connectivity index (χ1n) is 7.97. The third-order valence-corrected chi connectivity index (χ3v) is 4.53. The Morgan fingerprint density at radius 2 is 1.96 bits per heavy atom. The van der Waals surface area contributed by atoms with E-state index < -0.39 is 5.97 Å². The number of carboxylic acid groups (broad SMARTS) is 1. The Balaban J connectivity index is 1.83. The van der Waals surface area contributed by atoms with E-state index >= 15 is 0 Å². The molecule has 1 fully saturated rings. The number of rotatable bonds is 4. The fraction of sp³-hybridized carbons (Fsp3) is 0.263. The Hall–Kier alpha value is -2.33. The molecule has 0 bridgehead atoms. The normalized spacial score (nSPS) is 14.5. The van der Waals surface area contributed by atoms with Crippen molar-refractivity contribution in [3.05, 3.63) is 58.1 Å². The second-order valence-corrected chi connectivity index (χ2v) is 6.38. The van der Waals surface area contributed by atoms with Crippen LogP contribution in [0.1, 0.15) is 34.3 Å². The molecule has 0 atom stereocenters. The maximum atomic E-state index is 11.0. The van der Waals surface area contributed by atoms with Gasteiger partial charge in [-0.25, -0.2) is 4.79 Å². The van der Waals surface area contributed by atoms with Gasteiger partial charge >= 0.3 is 5.97 Å². The zero-order chi connectivity index (χ0) is 17.1. The first-order chi connectivity index (χ1) is 11.5. The molecule has 124 valence electrons. The van der Waals surface area contributed by atoms with Gasteiger partial charge in [-0.2, -0.15) is 0 Å². The molecule has 0 radical (unpaired) electrons. The molecule has 3 rings (SSSR count). The van der Waals surface area contributed by atoms with E-state index in [2.05, 4.69) is 28.9 Å². The van der Waals surface area contributed by atoms with E-state index in [1.54, 1.807) is 12.3 Å². The van der Waals surface area contributed by atoms with Crippen LogP contribution in [0.4, 0.5) is 11.4 Å². The van der Waals surface area contributed by atoms with Gasteiger partial charge in [0.1, 0.15) is 0 Å². The number of aromatic carboxylic acids is 1. The van der Waals surface area contributed by atoms with Gasteiger partial charge in [-0.1, -0.05) is 17.7 Å². The first kappa shape index (κ1) is 16.5. The van der Waals surface area contributed by atoms with E-state index in [0.29, 0.717) is 10.7 Å². The first-order valence-corrected chi connectivity index (χ1v) is 8.35. The van der Waals surface area contributed by atoms with Gasteiger partial charge in [0, 0.05) is 25.0 Å². The SMILES string of the molecule is Cc1cc(C=Nc2cc(C(=O)O)ccc2Cl)ccc1N1CCCC1. The molecule has 0 aliphatic carbocycles. The minimum atomic E-state index is -0.992. The molecule has 0 saturated carbocycles. The Morgan fingerprint density at radius 1 is 1.21 bits per heavy atom. The summed E-state index contributed by atoms with van der Waals surface area (Å²) in [6.45, 7) is 4.33. The van der Waals surface area contributed by atoms with Gasteiger partial charge in [0.15, 0.2) is 0 Å². The number of benzene rings is 2. The highest BCUT2D eigenvalue weighted by Gasteiger charge is 2.14. The minimum Gasteiger partial charge on any atom is -0.478 e. The van der Waals surface area contributed by atoms with E-state index in [1.165, 1.54) is 36.2 Å². The molecule has 0 unspecified atom stereocenters. The molecule has 0 aromatic heterocycles. The standard InChI is InChI=1S/C19H19ClN2O2/c1-13-10-14(4-7-18(13)22-8-2-3-9-22)12-21-17-11-15(19(23)24)5-6-16(17)20/h4-7,10-12H,2-3,8-9H2,1H3,(H,23,24). The Kier molecular flexibility index (Phi) is 4.86. The van der Waals surface area contributed by atoms with Gasteiger partial charge in [0.2, 0.25) is 0 Å². The number of nitrogens with zero attached hydrogens (tertiary/aromatic N) is 2. The van der Waals surface area contributed by atoms with Crippen molar-refractivity contribution in [2.75, 3.05) is 18.0 Å². The van der Waals surface area contributed by atoms with Crippen LogP contribution in [-0.2, 0) is 0 Å². The molecule has 0 spiro atoms. The van der Waals surface area contributed by atoms with Crippen LogP contribution in [0.5, 0.6) is 0 Å². The Labute approximate surface area is 146 Å². The molecule has 2 aromatic carbocycles. The fourth-order valence-corrected chi connectivity index (χ4v) is 3.13. The van der Waals surface area contributed by atoms with Crippen LogP contribution >= 0.6 is 11.6 Å². The van der Waals surface area contributed by atoms with Gasteiger partial charge in [-0.15, -0.1) is 0 Å². The van der Waals surface area contributed by atoms with Gasteiger partial charge in [0.25, 0.3) is 0 Å². The van der Waals surface area contributed by atoms with Crippen LogP contribution in [-0.4, -0.2) is 30.4 Å². The van der Waals surface area contributed by atoms with Crippen LogP contribution in [0.3, 0.4) is 0 Å². The molecule has 0 amide bonds. The number of hydrogen-bond acceptors (Lipinski definition) is 3. The molecule has 24 heavy (non-hydrogen) atoms. The molecule has 1 aliphatic heterocycles. The van der Waals surface area contributed by atoms with Crippen LogP contribution < -0.4 is 4.90 Å². The maximum absolute atomic E-state index is 11.0. The molecule has 2 aromatic rings. The summed E-state index contributed by atoms with van der Waals surface area (Å²) >= 11 is 6.10. The highest BCUT2D eigenvalue weighted by atomic mass is 35.5. The minimum absolute atomic E-state index is 0.173. The van der Waals surface area contributed by atoms with Crippen molar-refractivity contribution in [3.8, 4) is 0 Å². The molecule has 1 saturated heterocycles. The van der Waals surface area contributed by atoms with Crippen molar-refractivity contribution in [2.24, 2.45) is 4.99 Å². The summed E-state index contributed by atoms with van der Waals surface area (Å²) in [6, 6.07) is 10.7. The largest absolute Gasteiger partial charge is 0.478 e. The van der Waals surface area contributed by atoms with Crippen LogP contribution in [0, 0.1) is 6.92 Å². The van der Waals surface area contributed by atoms with Crippen molar-refractivity contribution >= 4 is 35.2 Å². The fourth-order valence-electron chi connectivity index (χ4n) is 2.96. The van der Waals surface area contributed by atoms with E-state index in [1.807, 2.05) is 6.07 Å². The summed E-state index contributed by atoms with van der Waals surface area (Å²) < 4.78 is 0. The second kappa shape index (κ2) is 7.05. The van der Waals surface area contributed by atoms with Crippen molar-refractivity contribution in [3.63, 3.8) is 0 Å². The number of anilines is 1. The van der Waals surface area contributed by atoms with Crippen LogP contribution in [0.15, 0.2) is 41.4 Å². The number of carboxylic acids is 1. The van der Waals surface area contributed by atoms with Gasteiger partial charge < -0.3 is 10.0 Å². The third kappa shape index (κ3) is 3.60. The van der Waals surface area contributed by atoms with Gasteiger partial charge in [0.05, 0.1) is 16.3 Å². The highest BCUT2D eigenvalue weighted by molar-refractivity contribution is 6.33. The summed E-state index contributed by atoms with van der Waals surface area (Å²) in [5, 5.41) is 9.49. The maximum Gasteiger partial charge on any atom is 0.335 e. The molecule has 1 aliphatic rings. The van der Waals surface area contributed by atoms with E-state index in [9.17, 15) is 4.79 Å². The molecule has 1 N–H and O–H groups in total. The summed E-state index contributed by atoms with van der Waals surface area (Å²) in [5.74, 6) is -0.992. The number of carbonyl (C=O) groups is 1. The van der Waals surface area contributed by atoms with E-state index in [0.717, 1.165) is 18.7 Å². The Morgan fingerprint density at radius 3 is 2.62 bits per heavy atom. The zero-order valence-corrected chi connectivity index (χ0v) is 14.3. The van der Waals surface area contributed by atoms with Gasteiger partial charge in [-0.05, 0) is 61.2 Å². The number of halogens is 1. The topological polar surface area (TPSA) is 52.9 Å². The second-order valence-electron chi connectivity index (χ2n) is 5.97.